The second kappa shape index (κ2) is 44.7. The van der Waals surface area contributed by atoms with Crippen molar-refractivity contribution in [3.8, 4) is 0 Å². The van der Waals surface area contributed by atoms with Crippen molar-refractivity contribution >= 4 is 0 Å². The molecule has 0 aliphatic heterocycles. The molecule has 0 fully saturated rings. The molecule has 1 atom stereocenters. The van der Waals surface area contributed by atoms with Gasteiger partial charge >= 0.3 is 0 Å². The Balaban J connectivity index is 7.79. The van der Waals surface area contributed by atoms with Crippen LogP contribution in [0.1, 0.15) is 280 Å². The third-order valence-corrected chi connectivity index (χ3v) is 12.3. The largest absolute Gasteiger partial charge is 0.0885 e. The maximum atomic E-state index is 2.80. The van der Waals surface area contributed by atoms with E-state index >= 15 is 0 Å². The molecule has 0 radical (unpaired) electrons. The van der Waals surface area contributed by atoms with Crippen LogP contribution in [0.25, 0.3) is 0 Å². The van der Waals surface area contributed by atoms with Gasteiger partial charge in [0.1, 0.15) is 0 Å². The van der Waals surface area contributed by atoms with Gasteiger partial charge in [-0.15, -0.1) is 0 Å². The zero-order chi connectivity index (χ0) is 42.5. The van der Waals surface area contributed by atoms with E-state index in [1.807, 2.05) is 0 Å². The van der Waals surface area contributed by atoms with Gasteiger partial charge in [0.15, 0.2) is 0 Å². The van der Waals surface area contributed by atoms with E-state index in [-0.39, 0.29) is 5.41 Å². The summed E-state index contributed by atoms with van der Waals surface area (Å²) in [5.74, 6) is 0. The molecule has 0 bridgehead atoms. The van der Waals surface area contributed by atoms with Crippen molar-refractivity contribution in [2.75, 3.05) is 0 Å². The van der Waals surface area contributed by atoms with E-state index < -0.39 is 0 Å². The SMILES string of the molecule is CCCC=CCCC(CCCCC)=C(C=CCCCCCC)C(CC=CCCCCC)(CCC=CCCCC)/C(=C/CCCCCCCC)CC=CCCCCCC. The van der Waals surface area contributed by atoms with Crippen LogP contribution in [-0.4, -0.2) is 0 Å². The second-order valence-corrected chi connectivity index (χ2v) is 17.7. The lowest BCUT2D eigenvalue weighted by Gasteiger charge is -2.40. The number of rotatable bonds is 43. The summed E-state index contributed by atoms with van der Waals surface area (Å²) in [4.78, 5) is 0. The van der Waals surface area contributed by atoms with Gasteiger partial charge in [-0.1, -0.05) is 242 Å². The minimum absolute atomic E-state index is 0.0136. The predicted octanol–water partition coefficient (Wildman–Crippen LogP) is 21.2. The van der Waals surface area contributed by atoms with E-state index in [0.29, 0.717) is 0 Å². The van der Waals surface area contributed by atoms with E-state index in [4.69, 9.17) is 0 Å². The van der Waals surface area contributed by atoms with Gasteiger partial charge in [0.25, 0.3) is 0 Å². The lowest BCUT2D eigenvalue weighted by molar-refractivity contribution is 0.394. The normalized spacial score (nSPS) is 14.4. The first-order chi connectivity index (χ1) is 28.6. The minimum atomic E-state index is 0.0136. The summed E-state index contributed by atoms with van der Waals surface area (Å²) in [6.45, 7) is 16.4. The topological polar surface area (TPSA) is 0 Å². The van der Waals surface area contributed by atoms with E-state index in [2.05, 4.69) is 115 Å². The van der Waals surface area contributed by atoms with Crippen molar-refractivity contribution in [1.29, 1.82) is 0 Å². The summed E-state index contributed by atoms with van der Waals surface area (Å²) in [5.41, 5.74) is 5.22. The Labute approximate surface area is 367 Å². The van der Waals surface area contributed by atoms with Gasteiger partial charge in [-0.3, -0.25) is 0 Å². The van der Waals surface area contributed by atoms with Crippen LogP contribution >= 0.6 is 0 Å². The van der Waals surface area contributed by atoms with Gasteiger partial charge in [-0.2, -0.15) is 0 Å². The van der Waals surface area contributed by atoms with Crippen LogP contribution in [0.4, 0.5) is 0 Å². The molecule has 0 aliphatic carbocycles. The van der Waals surface area contributed by atoms with Crippen molar-refractivity contribution in [1.82, 2.24) is 0 Å². The fourth-order valence-corrected chi connectivity index (χ4v) is 8.45. The summed E-state index contributed by atoms with van der Waals surface area (Å²) in [6, 6.07) is 0. The molecule has 0 amide bonds. The first-order valence-corrected chi connectivity index (χ1v) is 26.3. The Morgan fingerprint density at radius 3 is 1.48 bits per heavy atom. The number of hydrogen-bond acceptors (Lipinski definition) is 0. The zero-order valence-corrected chi connectivity index (χ0v) is 40.8. The van der Waals surface area contributed by atoms with Crippen molar-refractivity contribution in [3.05, 3.63) is 83.6 Å². The molecule has 0 nitrogen and oxygen atoms in total. The Kier molecular flexibility index (Phi) is 43.3. The van der Waals surface area contributed by atoms with Crippen LogP contribution in [0.2, 0.25) is 0 Å². The van der Waals surface area contributed by atoms with Crippen LogP contribution < -0.4 is 0 Å². The van der Waals surface area contributed by atoms with Crippen molar-refractivity contribution in [3.63, 3.8) is 0 Å². The Morgan fingerprint density at radius 1 is 0.345 bits per heavy atom. The molecule has 0 spiro atoms. The number of allylic oxidation sites excluding steroid dienone is 14. The molecule has 0 saturated heterocycles. The third-order valence-electron chi connectivity index (χ3n) is 12.3. The minimum Gasteiger partial charge on any atom is -0.0885 e. The highest BCUT2D eigenvalue weighted by molar-refractivity contribution is 5.43. The zero-order valence-electron chi connectivity index (χ0n) is 40.8. The van der Waals surface area contributed by atoms with Crippen LogP contribution in [0.5, 0.6) is 0 Å². The summed E-state index contributed by atoms with van der Waals surface area (Å²) < 4.78 is 0. The highest BCUT2D eigenvalue weighted by Gasteiger charge is 2.36. The molecular formula is C58H104. The highest BCUT2D eigenvalue weighted by Crippen LogP contribution is 2.49. The Morgan fingerprint density at radius 2 is 0.810 bits per heavy atom. The second-order valence-electron chi connectivity index (χ2n) is 17.7. The van der Waals surface area contributed by atoms with Gasteiger partial charge < -0.3 is 0 Å². The van der Waals surface area contributed by atoms with E-state index in [0.717, 1.165) is 19.3 Å². The van der Waals surface area contributed by atoms with Crippen LogP contribution in [0, 0.1) is 5.41 Å². The molecule has 58 heavy (non-hydrogen) atoms. The van der Waals surface area contributed by atoms with Crippen LogP contribution in [-0.2, 0) is 0 Å². The van der Waals surface area contributed by atoms with E-state index in [1.165, 1.54) is 212 Å². The van der Waals surface area contributed by atoms with E-state index in [9.17, 15) is 0 Å². The van der Waals surface area contributed by atoms with Crippen LogP contribution in [0.15, 0.2) is 83.6 Å². The van der Waals surface area contributed by atoms with Gasteiger partial charge in [0, 0.05) is 5.41 Å². The highest BCUT2D eigenvalue weighted by atomic mass is 14.4. The summed E-state index contributed by atoms with van der Waals surface area (Å²) in [6.07, 6.45) is 74.7. The fourth-order valence-electron chi connectivity index (χ4n) is 8.45. The molecule has 0 heterocycles. The first kappa shape index (κ1) is 56.2. The molecule has 0 aromatic rings. The monoisotopic (exact) mass is 801 g/mol. The van der Waals surface area contributed by atoms with Gasteiger partial charge in [0.2, 0.25) is 0 Å². The van der Waals surface area contributed by atoms with Crippen molar-refractivity contribution in [2.24, 2.45) is 5.41 Å². The quantitative estimate of drug-likeness (QED) is 0.0327. The Hall–Kier alpha value is -1.82. The molecule has 0 aliphatic rings. The lowest BCUT2D eigenvalue weighted by Crippen LogP contribution is -2.27. The van der Waals surface area contributed by atoms with Gasteiger partial charge in [0.05, 0.1) is 0 Å². The molecule has 336 valence electrons. The average Bonchev–Trinajstić information content (AvgIpc) is 3.23. The Bertz CT molecular complexity index is 1070. The van der Waals surface area contributed by atoms with Crippen molar-refractivity contribution in [2.45, 2.75) is 280 Å². The molecule has 0 saturated carbocycles. The molecule has 0 aromatic carbocycles. The molecule has 0 aromatic heterocycles. The average molecular weight is 801 g/mol. The molecular weight excluding hydrogens is 697 g/mol. The molecule has 1 unspecified atom stereocenters. The molecule has 0 rings (SSSR count). The maximum Gasteiger partial charge on any atom is 0.0201 e. The standard InChI is InChI=1S/C58H104/c1-8-15-22-28-33-36-43-50-56(51-44-37-34-29-23-16-9-2)58(53-46-39-31-25-18-11-4,54-47-40-32-26-19-12-5)57(52-45-38-30-24-17-10-3)55(48-41-21-14-7)49-42-35-27-20-13-6/h27,31,35-36,39-40,43,45,47,51-52H,8-26,28-30,32-34,37-38,41-42,44,46,48-50,53-54H2,1-7H3/b35-27?,39-31?,43-36?,47-40?,52-45?,56-51+,57-55?. The van der Waals surface area contributed by atoms with Crippen LogP contribution in [0.3, 0.4) is 0 Å². The fraction of sp³-hybridized carbons (Fsp3) is 0.759. The van der Waals surface area contributed by atoms with Gasteiger partial charge in [-0.05, 0) is 121 Å². The summed E-state index contributed by atoms with van der Waals surface area (Å²) >= 11 is 0. The summed E-state index contributed by atoms with van der Waals surface area (Å²) in [7, 11) is 0. The van der Waals surface area contributed by atoms with Gasteiger partial charge in [-0.25, -0.2) is 0 Å². The predicted molar refractivity (Wildman–Crippen MR) is 269 cm³/mol. The molecule has 0 heteroatoms. The third kappa shape index (κ3) is 31.1. The van der Waals surface area contributed by atoms with Crippen molar-refractivity contribution < 1.29 is 0 Å². The first-order valence-electron chi connectivity index (χ1n) is 26.3. The lowest BCUT2D eigenvalue weighted by atomic mass is 9.64. The smallest absolute Gasteiger partial charge is 0.0201 e. The maximum absolute atomic E-state index is 2.80. The van der Waals surface area contributed by atoms with E-state index in [1.54, 1.807) is 16.7 Å². The summed E-state index contributed by atoms with van der Waals surface area (Å²) in [5, 5.41) is 0. The molecule has 0 N–H and O–H groups in total. The number of hydrogen-bond donors (Lipinski definition) is 0. The number of unbranched alkanes of at least 4 members (excludes halogenated alkanes) is 22.